The van der Waals surface area contributed by atoms with Crippen LogP contribution in [0.4, 0.5) is 0 Å². The second-order valence-electron chi connectivity index (χ2n) is 2.88. The van der Waals surface area contributed by atoms with E-state index in [-0.39, 0.29) is 12.7 Å². The zero-order valence-corrected chi connectivity index (χ0v) is 7.73. The molecular formula is C9H12N2O2. The van der Waals surface area contributed by atoms with Gasteiger partial charge in [0, 0.05) is 12.4 Å². The van der Waals surface area contributed by atoms with Gasteiger partial charge >= 0.3 is 5.97 Å². The Balaban J connectivity index is 2.50. The normalized spacial score (nSPS) is 10.1. The van der Waals surface area contributed by atoms with Crippen LogP contribution in [0.25, 0.3) is 0 Å². The van der Waals surface area contributed by atoms with E-state index in [4.69, 9.17) is 4.74 Å². The first-order valence-corrected chi connectivity index (χ1v) is 3.92. The van der Waals surface area contributed by atoms with Crippen molar-refractivity contribution >= 4 is 5.97 Å². The van der Waals surface area contributed by atoms with Crippen LogP contribution in [0.5, 0.6) is 0 Å². The number of ether oxygens (including phenoxy) is 1. The van der Waals surface area contributed by atoms with Crippen LogP contribution in [0.1, 0.15) is 10.4 Å². The van der Waals surface area contributed by atoms with Crippen molar-refractivity contribution in [1.82, 2.24) is 9.88 Å². The standard InChI is InChI=1S/C9H12N2O2/c1-11(2)7-13-9(12)8-4-3-5-10-6-8/h3-6H,7H2,1-2H3. The van der Waals surface area contributed by atoms with Crippen molar-refractivity contribution in [3.05, 3.63) is 30.1 Å². The monoisotopic (exact) mass is 180 g/mol. The van der Waals surface area contributed by atoms with Gasteiger partial charge in [-0.25, -0.2) is 4.79 Å². The van der Waals surface area contributed by atoms with Crippen LogP contribution < -0.4 is 0 Å². The summed E-state index contributed by atoms with van der Waals surface area (Å²) in [6.07, 6.45) is 3.10. The third-order valence-corrected chi connectivity index (χ3v) is 1.35. The second kappa shape index (κ2) is 4.57. The summed E-state index contributed by atoms with van der Waals surface area (Å²) in [6, 6.07) is 3.37. The Labute approximate surface area is 77.1 Å². The summed E-state index contributed by atoms with van der Waals surface area (Å²) in [5, 5.41) is 0. The number of esters is 1. The molecule has 0 radical (unpaired) electrons. The lowest BCUT2D eigenvalue weighted by molar-refractivity contribution is 0.0319. The highest BCUT2D eigenvalue weighted by Gasteiger charge is 2.05. The molecule has 1 aromatic rings. The summed E-state index contributed by atoms with van der Waals surface area (Å²) >= 11 is 0. The smallest absolute Gasteiger partial charge is 0.341 e. The van der Waals surface area contributed by atoms with Crippen LogP contribution >= 0.6 is 0 Å². The van der Waals surface area contributed by atoms with Crippen LogP contribution in [-0.4, -0.2) is 36.7 Å². The fourth-order valence-electron chi connectivity index (χ4n) is 0.755. The lowest BCUT2D eigenvalue weighted by Crippen LogP contribution is -2.19. The third kappa shape index (κ3) is 3.21. The summed E-state index contributed by atoms with van der Waals surface area (Å²) in [7, 11) is 3.66. The molecule has 13 heavy (non-hydrogen) atoms. The molecule has 4 heteroatoms. The first-order chi connectivity index (χ1) is 6.20. The molecular weight excluding hydrogens is 168 g/mol. The molecule has 0 bridgehead atoms. The van der Waals surface area contributed by atoms with Gasteiger partial charge in [0.25, 0.3) is 0 Å². The van der Waals surface area contributed by atoms with E-state index in [1.165, 1.54) is 6.20 Å². The van der Waals surface area contributed by atoms with Gasteiger partial charge in [-0.05, 0) is 26.2 Å². The Morgan fingerprint density at radius 3 is 2.92 bits per heavy atom. The molecule has 0 amide bonds. The highest BCUT2D eigenvalue weighted by molar-refractivity contribution is 5.88. The first kappa shape index (κ1) is 9.67. The quantitative estimate of drug-likeness (QED) is 0.508. The fraction of sp³-hybridized carbons (Fsp3) is 0.333. The number of aromatic nitrogens is 1. The number of rotatable bonds is 3. The molecule has 0 saturated carbocycles. The average molecular weight is 180 g/mol. The third-order valence-electron chi connectivity index (χ3n) is 1.35. The summed E-state index contributed by atoms with van der Waals surface area (Å²) in [4.78, 5) is 16.9. The minimum atomic E-state index is -0.346. The van der Waals surface area contributed by atoms with E-state index < -0.39 is 0 Å². The van der Waals surface area contributed by atoms with E-state index in [1.54, 1.807) is 23.2 Å². The molecule has 0 atom stereocenters. The van der Waals surface area contributed by atoms with Crippen LogP contribution in [-0.2, 0) is 4.74 Å². The van der Waals surface area contributed by atoms with Gasteiger partial charge in [0.15, 0.2) is 0 Å². The predicted molar refractivity (Wildman–Crippen MR) is 48.2 cm³/mol. The van der Waals surface area contributed by atoms with Crippen LogP contribution in [0.2, 0.25) is 0 Å². The van der Waals surface area contributed by atoms with Gasteiger partial charge < -0.3 is 4.74 Å². The van der Waals surface area contributed by atoms with Crippen LogP contribution in [0.3, 0.4) is 0 Å². The predicted octanol–water partition coefficient (Wildman–Crippen LogP) is 0.757. The maximum atomic E-state index is 11.3. The molecule has 0 aromatic carbocycles. The maximum absolute atomic E-state index is 11.3. The van der Waals surface area contributed by atoms with Crippen molar-refractivity contribution in [1.29, 1.82) is 0 Å². The van der Waals surface area contributed by atoms with E-state index in [1.807, 2.05) is 14.1 Å². The lowest BCUT2D eigenvalue weighted by Gasteiger charge is -2.09. The summed E-state index contributed by atoms with van der Waals surface area (Å²) in [5.41, 5.74) is 0.476. The molecule has 4 nitrogen and oxygen atoms in total. The molecule has 70 valence electrons. The molecule has 0 aliphatic carbocycles. The molecule has 0 unspecified atom stereocenters. The van der Waals surface area contributed by atoms with Gasteiger partial charge in [0.05, 0.1) is 5.56 Å². The van der Waals surface area contributed by atoms with Crippen molar-refractivity contribution < 1.29 is 9.53 Å². The van der Waals surface area contributed by atoms with Crippen molar-refractivity contribution in [2.24, 2.45) is 0 Å². The van der Waals surface area contributed by atoms with Crippen LogP contribution in [0, 0.1) is 0 Å². The zero-order valence-electron chi connectivity index (χ0n) is 7.73. The maximum Gasteiger partial charge on any atom is 0.341 e. The molecule has 0 aliphatic rings. The first-order valence-electron chi connectivity index (χ1n) is 3.92. The van der Waals surface area contributed by atoms with Crippen molar-refractivity contribution in [3.8, 4) is 0 Å². The Kier molecular flexibility index (Phi) is 3.40. The van der Waals surface area contributed by atoms with Crippen LogP contribution in [0.15, 0.2) is 24.5 Å². The Hall–Kier alpha value is -1.42. The van der Waals surface area contributed by atoms with Gasteiger partial charge in [-0.1, -0.05) is 0 Å². The topological polar surface area (TPSA) is 42.4 Å². The second-order valence-corrected chi connectivity index (χ2v) is 2.88. The minimum absolute atomic E-state index is 0.285. The van der Waals surface area contributed by atoms with E-state index in [2.05, 4.69) is 4.98 Å². The SMILES string of the molecule is CN(C)COC(=O)c1cccnc1. The van der Waals surface area contributed by atoms with Crippen molar-refractivity contribution in [2.75, 3.05) is 20.8 Å². The minimum Gasteiger partial charge on any atom is -0.446 e. The number of pyridine rings is 1. The highest BCUT2D eigenvalue weighted by Crippen LogP contribution is 1.98. The van der Waals surface area contributed by atoms with Gasteiger partial charge in [-0.15, -0.1) is 0 Å². The van der Waals surface area contributed by atoms with Gasteiger partial charge in [-0.2, -0.15) is 0 Å². The van der Waals surface area contributed by atoms with Gasteiger partial charge in [0.2, 0.25) is 0 Å². The van der Waals surface area contributed by atoms with E-state index in [0.717, 1.165) is 0 Å². The number of hydrogen-bond donors (Lipinski definition) is 0. The number of carbonyl (C=O) groups excluding carboxylic acids is 1. The number of nitrogens with zero attached hydrogens (tertiary/aromatic N) is 2. The summed E-state index contributed by atoms with van der Waals surface area (Å²) < 4.78 is 4.94. The molecule has 0 fully saturated rings. The lowest BCUT2D eigenvalue weighted by atomic mass is 10.3. The Morgan fingerprint density at radius 2 is 2.38 bits per heavy atom. The Bertz CT molecular complexity index is 272. The summed E-state index contributed by atoms with van der Waals surface area (Å²) in [5.74, 6) is -0.346. The number of carbonyl (C=O) groups is 1. The molecule has 1 rings (SSSR count). The summed E-state index contributed by atoms with van der Waals surface area (Å²) in [6.45, 7) is 0.285. The molecule has 0 saturated heterocycles. The zero-order chi connectivity index (χ0) is 9.68. The number of hydrogen-bond acceptors (Lipinski definition) is 4. The van der Waals surface area contributed by atoms with E-state index in [9.17, 15) is 4.79 Å². The van der Waals surface area contributed by atoms with E-state index in [0.29, 0.717) is 5.56 Å². The van der Waals surface area contributed by atoms with Crippen molar-refractivity contribution in [2.45, 2.75) is 0 Å². The Morgan fingerprint density at radius 1 is 1.62 bits per heavy atom. The van der Waals surface area contributed by atoms with Gasteiger partial charge in [0.1, 0.15) is 6.73 Å². The van der Waals surface area contributed by atoms with Gasteiger partial charge in [-0.3, -0.25) is 9.88 Å². The highest BCUT2D eigenvalue weighted by atomic mass is 16.5. The molecule has 0 N–H and O–H groups in total. The largest absolute Gasteiger partial charge is 0.446 e. The molecule has 1 heterocycles. The molecule has 1 aromatic heterocycles. The average Bonchev–Trinajstić information content (AvgIpc) is 2.15. The van der Waals surface area contributed by atoms with E-state index >= 15 is 0 Å². The fourth-order valence-corrected chi connectivity index (χ4v) is 0.755. The molecule has 0 spiro atoms. The molecule has 0 aliphatic heterocycles. The van der Waals surface area contributed by atoms with Crippen molar-refractivity contribution in [3.63, 3.8) is 0 Å².